The Balaban J connectivity index is 2.19. The molecule has 0 aromatic heterocycles. The second-order valence-electron chi connectivity index (χ2n) is 3.76. The number of aryl methyl sites for hydroxylation is 1. The first kappa shape index (κ1) is 9.83. The number of anilines is 1. The second-order valence-corrected chi connectivity index (χ2v) is 3.76. The van der Waals surface area contributed by atoms with Crippen LogP contribution in [-0.2, 0) is 12.8 Å². The van der Waals surface area contributed by atoms with Gasteiger partial charge >= 0.3 is 6.03 Å². The molecule has 80 valence electrons. The molecule has 15 heavy (non-hydrogen) atoms. The van der Waals surface area contributed by atoms with E-state index in [1.54, 1.807) is 0 Å². The van der Waals surface area contributed by atoms with Crippen LogP contribution in [0.3, 0.4) is 0 Å². The van der Waals surface area contributed by atoms with Crippen molar-refractivity contribution in [1.82, 2.24) is 5.43 Å². The number of hydrogen-bond donors (Lipinski definition) is 3. The lowest BCUT2D eigenvalue weighted by Crippen LogP contribution is -2.34. The minimum atomic E-state index is -0.566. The van der Waals surface area contributed by atoms with Gasteiger partial charge in [-0.25, -0.2) is 4.79 Å². The van der Waals surface area contributed by atoms with Crippen LogP contribution in [0.2, 0.25) is 0 Å². The first-order valence-electron chi connectivity index (χ1n) is 5.19. The molecule has 0 spiro atoms. The zero-order valence-corrected chi connectivity index (χ0v) is 8.55. The van der Waals surface area contributed by atoms with E-state index in [0.29, 0.717) is 0 Å². The van der Waals surface area contributed by atoms with Crippen LogP contribution in [0.5, 0.6) is 0 Å². The lowest BCUT2D eigenvalue weighted by Gasteiger charge is -2.19. The molecule has 1 aromatic rings. The molecule has 0 heterocycles. The van der Waals surface area contributed by atoms with Crippen molar-refractivity contribution in [1.29, 1.82) is 0 Å². The minimum Gasteiger partial charge on any atom is -0.350 e. The average molecular weight is 205 g/mol. The van der Waals surface area contributed by atoms with Gasteiger partial charge in [0.05, 0.1) is 5.69 Å². The van der Waals surface area contributed by atoms with Crippen LogP contribution in [0.15, 0.2) is 18.2 Å². The van der Waals surface area contributed by atoms with E-state index in [-0.39, 0.29) is 0 Å². The second kappa shape index (κ2) is 4.21. The quantitative estimate of drug-likeness (QED) is 0.641. The normalized spacial score (nSPS) is 14.1. The van der Waals surface area contributed by atoms with E-state index < -0.39 is 6.03 Å². The molecule has 2 amide bonds. The first-order chi connectivity index (χ1) is 7.27. The molecule has 4 nitrogen and oxygen atoms in total. The summed E-state index contributed by atoms with van der Waals surface area (Å²) >= 11 is 0. The van der Waals surface area contributed by atoms with Crippen molar-refractivity contribution in [3.8, 4) is 0 Å². The van der Waals surface area contributed by atoms with Crippen molar-refractivity contribution >= 4 is 11.7 Å². The molecule has 1 aromatic carbocycles. The highest BCUT2D eigenvalue weighted by Crippen LogP contribution is 2.27. The number of benzene rings is 1. The van der Waals surface area contributed by atoms with Crippen LogP contribution in [-0.4, -0.2) is 6.03 Å². The van der Waals surface area contributed by atoms with Crippen molar-refractivity contribution < 1.29 is 4.79 Å². The van der Waals surface area contributed by atoms with Crippen LogP contribution < -0.4 is 16.6 Å². The molecule has 0 unspecified atom stereocenters. The standard InChI is InChI=1S/C11H15N3O/c12-11(15)14-13-10-7-3-5-8-4-1-2-6-9(8)10/h3,5,7,13H,1-2,4,6H2,(H3,12,14,15). The van der Waals surface area contributed by atoms with Gasteiger partial charge < -0.3 is 5.73 Å². The van der Waals surface area contributed by atoms with Gasteiger partial charge in [0.2, 0.25) is 0 Å². The number of rotatable bonds is 2. The lowest BCUT2D eigenvalue weighted by atomic mass is 9.91. The highest BCUT2D eigenvalue weighted by Gasteiger charge is 2.12. The molecule has 0 saturated carbocycles. The maximum atomic E-state index is 10.6. The molecule has 2 rings (SSSR count). The van der Waals surface area contributed by atoms with Gasteiger partial charge in [-0.15, -0.1) is 0 Å². The zero-order chi connectivity index (χ0) is 10.7. The maximum absolute atomic E-state index is 10.6. The largest absolute Gasteiger partial charge is 0.350 e. The monoisotopic (exact) mass is 205 g/mol. The predicted molar refractivity (Wildman–Crippen MR) is 59.4 cm³/mol. The molecule has 1 aliphatic carbocycles. The molecule has 1 aliphatic rings. The van der Waals surface area contributed by atoms with E-state index in [9.17, 15) is 4.79 Å². The van der Waals surface area contributed by atoms with Crippen LogP contribution in [0.1, 0.15) is 24.0 Å². The fourth-order valence-electron chi connectivity index (χ4n) is 2.03. The third-order valence-corrected chi connectivity index (χ3v) is 2.72. The van der Waals surface area contributed by atoms with Crippen LogP contribution in [0.25, 0.3) is 0 Å². The van der Waals surface area contributed by atoms with Crippen LogP contribution >= 0.6 is 0 Å². The number of hydrazine groups is 1. The number of hydrogen-bond acceptors (Lipinski definition) is 2. The third-order valence-electron chi connectivity index (χ3n) is 2.72. The summed E-state index contributed by atoms with van der Waals surface area (Å²) in [4.78, 5) is 10.6. The number of fused-ring (bicyclic) bond motifs is 1. The zero-order valence-electron chi connectivity index (χ0n) is 8.55. The fourth-order valence-corrected chi connectivity index (χ4v) is 2.03. The van der Waals surface area contributed by atoms with Crippen molar-refractivity contribution in [2.24, 2.45) is 5.73 Å². The summed E-state index contributed by atoms with van der Waals surface area (Å²) in [6.45, 7) is 0. The van der Waals surface area contributed by atoms with Gasteiger partial charge in [0.25, 0.3) is 0 Å². The van der Waals surface area contributed by atoms with Crippen LogP contribution in [0.4, 0.5) is 10.5 Å². The SMILES string of the molecule is NC(=O)NNc1cccc2c1CCCC2. The summed E-state index contributed by atoms with van der Waals surface area (Å²) in [6.07, 6.45) is 4.66. The number of carbonyl (C=O) groups excluding carboxylic acids is 1. The Kier molecular flexibility index (Phi) is 2.76. The maximum Gasteiger partial charge on any atom is 0.330 e. The van der Waals surface area contributed by atoms with E-state index in [0.717, 1.165) is 18.5 Å². The van der Waals surface area contributed by atoms with Gasteiger partial charge in [-0.2, -0.15) is 0 Å². The van der Waals surface area contributed by atoms with E-state index in [2.05, 4.69) is 16.9 Å². The lowest BCUT2D eigenvalue weighted by molar-refractivity contribution is 0.250. The highest BCUT2D eigenvalue weighted by molar-refractivity contribution is 5.74. The van der Waals surface area contributed by atoms with E-state index >= 15 is 0 Å². The topological polar surface area (TPSA) is 67.2 Å². The van der Waals surface area contributed by atoms with Gasteiger partial charge in [0.15, 0.2) is 0 Å². The number of amides is 2. The summed E-state index contributed by atoms with van der Waals surface area (Å²) in [5.74, 6) is 0. The number of nitrogens with one attached hydrogen (secondary N) is 2. The number of urea groups is 1. The average Bonchev–Trinajstić information content (AvgIpc) is 2.26. The molecule has 0 aliphatic heterocycles. The predicted octanol–water partition coefficient (Wildman–Crippen LogP) is 1.56. The number of nitrogens with two attached hydrogens (primary N) is 1. The number of carbonyl (C=O) groups is 1. The summed E-state index contributed by atoms with van der Waals surface area (Å²) in [6, 6.07) is 5.53. The highest BCUT2D eigenvalue weighted by atomic mass is 16.2. The summed E-state index contributed by atoms with van der Waals surface area (Å²) in [5.41, 5.74) is 13.9. The Morgan fingerprint density at radius 3 is 2.87 bits per heavy atom. The molecule has 0 fully saturated rings. The van der Waals surface area contributed by atoms with Gasteiger partial charge in [-0.3, -0.25) is 10.9 Å². The molecule has 0 radical (unpaired) electrons. The minimum absolute atomic E-state index is 0.566. The van der Waals surface area contributed by atoms with Gasteiger partial charge in [0.1, 0.15) is 0 Å². The van der Waals surface area contributed by atoms with Gasteiger partial charge in [-0.1, -0.05) is 12.1 Å². The van der Waals surface area contributed by atoms with E-state index in [4.69, 9.17) is 5.73 Å². The van der Waals surface area contributed by atoms with Crippen molar-refractivity contribution in [3.63, 3.8) is 0 Å². The Hall–Kier alpha value is -1.71. The fraction of sp³-hybridized carbons (Fsp3) is 0.364. The van der Waals surface area contributed by atoms with E-state index in [1.165, 1.54) is 24.0 Å². The number of primary amides is 1. The molecule has 4 heteroatoms. The van der Waals surface area contributed by atoms with Crippen molar-refractivity contribution in [2.45, 2.75) is 25.7 Å². The molecular weight excluding hydrogens is 190 g/mol. The molecular formula is C11H15N3O. The molecule has 0 saturated heterocycles. The first-order valence-corrected chi connectivity index (χ1v) is 5.19. The summed E-state index contributed by atoms with van der Waals surface area (Å²) < 4.78 is 0. The molecule has 0 atom stereocenters. The van der Waals surface area contributed by atoms with Crippen molar-refractivity contribution in [2.75, 3.05) is 5.43 Å². The summed E-state index contributed by atoms with van der Waals surface area (Å²) in [7, 11) is 0. The van der Waals surface area contributed by atoms with Gasteiger partial charge in [-0.05, 0) is 42.9 Å². The summed E-state index contributed by atoms with van der Waals surface area (Å²) in [5, 5.41) is 0. The van der Waals surface area contributed by atoms with Crippen LogP contribution in [0, 0.1) is 0 Å². The van der Waals surface area contributed by atoms with Crippen molar-refractivity contribution in [3.05, 3.63) is 29.3 Å². The molecule has 4 N–H and O–H groups in total. The molecule has 0 bridgehead atoms. The Morgan fingerprint density at radius 2 is 2.07 bits per heavy atom. The smallest absolute Gasteiger partial charge is 0.330 e. The van der Waals surface area contributed by atoms with Gasteiger partial charge in [0, 0.05) is 0 Å². The van der Waals surface area contributed by atoms with E-state index in [1.807, 2.05) is 12.1 Å². The Labute approximate surface area is 88.8 Å². The Bertz CT molecular complexity index is 376. The third kappa shape index (κ3) is 2.21. The Morgan fingerprint density at radius 1 is 1.27 bits per heavy atom.